The zero-order valence-electron chi connectivity index (χ0n) is 10.2. The molecule has 0 aromatic carbocycles. The summed E-state index contributed by atoms with van der Waals surface area (Å²) in [6.07, 6.45) is 1.21. The zero-order valence-corrected chi connectivity index (χ0v) is 11.5. The SMILES string of the molecule is CC(C)(CCCC(=O)O)C(C)(C)C(=O)O.[Cr]. The fourth-order valence-corrected chi connectivity index (χ4v) is 1.28. The number of carboxylic acids is 2. The van der Waals surface area contributed by atoms with Crippen LogP contribution in [0.2, 0.25) is 0 Å². The van der Waals surface area contributed by atoms with Crippen LogP contribution in [-0.4, -0.2) is 22.2 Å². The Hall–Kier alpha value is -0.528. The molecule has 0 amide bonds. The van der Waals surface area contributed by atoms with E-state index in [1.165, 1.54) is 0 Å². The fourth-order valence-electron chi connectivity index (χ4n) is 1.28. The second kappa shape index (κ2) is 6.27. The summed E-state index contributed by atoms with van der Waals surface area (Å²) in [6, 6.07) is 0. The van der Waals surface area contributed by atoms with Crippen LogP contribution < -0.4 is 0 Å². The molecule has 0 radical (unpaired) electrons. The normalized spacial score (nSPS) is 11.8. The molecule has 16 heavy (non-hydrogen) atoms. The second-order valence-corrected chi connectivity index (χ2v) is 5.06. The van der Waals surface area contributed by atoms with Crippen LogP contribution in [0.1, 0.15) is 47.0 Å². The third-order valence-electron chi connectivity index (χ3n) is 3.42. The molecule has 0 atom stereocenters. The van der Waals surface area contributed by atoms with Crippen LogP contribution in [-0.2, 0) is 27.0 Å². The maximum atomic E-state index is 11.0. The molecule has 0 aliphatic heterocycles. The van der Waals surface area contributed by atoms with Crippen LogP contribution in [0.3, 0.4) is 0 Å². The average molecular weight is 268 g/mol. The molecule has 5 heteroatoms. The molecule has 0 bridgehead atoms. The van der Waals surface area contributed by atoms with E-state index in [2.05, 4.69) is 0 Å². The summed E-state index contributed by atoms with van der Waals surface area (Å²) in [6.45, 7) is 7.08. The molecule has 0 heterocycles. The third kappa shape index (κ3) is 4.55. The van der Waals surface area contributed by atoms with Gasteiger partial charge in [0.15, 0.2) is 0 Å². The van der Waals surface area contributed by atoms with E-state index in [1.54, 1.807) is 13.8 Å². The van der Waals surface area contributed by atoms with Gasteiger partial charge in [-0.1, -0.05) is 13.8 Å². The minimum Gasteiger partial charge on any atom is -0.481 e. The molecule has 94 valence electrons. The van der Waals surface area contributed by atoms with Gasteiger partial charge in [0.2, 0.25) is 0 Å². The minimum atomic E-state index is -0.845. The van der Waals surface area contributed by atoms with Gasteiger partial charge < -0.3 is 10.2 Å². The molecule has 0 fully saturated rings. The molecule has 0 aliphatic carbocycles. The quantitative estimate of drug-likeness (QED) is 0.775. The van der Waals surface area contributed by atoms with E-state index < -0.39 is 22.8 Å². The molecule has 0 rings (SSSR count). The van der Waals surface area contributed by atoms with Gasteiger partial charge in [-0.2, -0.15) is 0 Å². The average Bonchev–Trinajstić information content (AvgIpc) is 2.02. The van der Waals surface area contributed by atoms with Gasteiger partial charge >= 0.3 is 11.9 Å². The van der Waals surface area contributed by atoms with Gasteiger partial charge in [0.05, 0.1) is 5.41 Å². The topological polar surface area (TPSA) is 74.6 Å². The van der Waals surface area contributed by atoms with Gasteiger partial charge in [0.1, 0.15) is 0 Å². The molecule has 0 aromatic rings. The Morgan fingerprint density at radius 1 is 1.06 bits per heavy atom. The van der Waals surface area contributed by atoms with Crippen LogP contribution in [0.25, 0.3) is 0 Å². The molecule has 0 spiro atoms. The van der Waals surface area contributed by atoms with Gasteiger partial charge in [0, 0.05) is 23.8 Å². The largest absolute Gasteiger partial charge is 0.481 e. The number of rotatable bonds is 6. The number of aliphatic carboxylic acids is 2. The molecule has 0 saturated carbocycles. The van der Waals surface area contributed by atoms with Crippen LogP contribution in [0.4, 0.5) is 0 Å². The molecule has 2 N–H and O–H groups in total. The van der Waals surface area contributed by atoms with Gasteiger partial charge in [-0.05, 0) is 32.1 Å². The van der Waals surface area contributed by atoms with Gasteiger partial charge in [-0.3, -0.25) is 9.59 Å². The summed E-state index contributed by atoms with van der Waals surface area (Å²) in [7, 11) is 0. The smallest absolute Gasteiger partial charge is 0.309 e. The molecule has 0 aromatic heterocycles. The van der Waals surface area contributed by atoms with E-state index in [0.29, 0.717) is 12.8 Å². The first-order chi connectivity index (χ1) is 6.61. The number of hydrogen-bond donors (Lipinski definition) is 2. The van der Waals surface area contributed by atoms with Crippen LogP contribution in [0.5, 0.6) is 0 Å². The Balaban J connectivity index is 0. The number of carbonyl (C=O) groups is 2. The van der Waals surface area contributed by atoms with Crippen molar-refractivity contribution in [3.63, 3.8) is 0 Å². The van der Waals surface area contributed by atoms with Gasteiger partial charge in [0.25, 0.3) is 0 Å². The first-order valence-electron chi connectivity index (χ1n) is 5.06. The van der Waals surface area contributed by atoms with Crippen molar-refractivity contribution in [3.05, 3.63) is 0 Å². The molecular formula is C11H20CrO4. The standard InChI is InChI=1S/C11H20O4.Cr/c1-10(2,7-5-6-8(12)13)11(3,4)9(14)15;/h5-7H2,1-4H3,(H,12,13)(H,14,15);. The Labute approximate surface area is 107 Å². The van der Waals surface area contributed by atoms with Crippen LogP contribution in [0, 0.1) is 10.8 Å². The van der Waals surface area contributed by atoms with E-state index >= 15 is 0 Å². The minimum absolute atomic E-state index is 0. The fraction of sp³-hybridized carbons (Fsp3) is 0.818. The molecule has 0 aliphatic rings. The van der Waals surface area contributed by atoms with E-state index in [-0.39, 0.29) is 23.8 Å². The summed E-state index contributed by atoms with van der Waals surface area (Å²) in [5, 5.41) is 17.6. The molecular weight excluding hydrogens is 248 g/mol. The summed E-state index contributed by atoms with van der Waals surface area (Å²) in [5.74, 6) is -1.68. The number of carboxylic acid groups (broad SMARTS) is 2. The predicted molar refractivity (Wildman–Crippen MR) is 56.7 cm³/mol. The second-order valence-electron chi connectivity index (χ2n) is 5.06. The van der Waals surface area contributed by atoms with E-state index in [0.717, 1.165) is 0 Å². The first-order valence-corrected chi connectivity index (χ1v) is 5.06. The maximum absolute atomic E-state index is 11.0. The van der Waals surface area contributed by atoms with Crippen molar-refractivity contribution in [3.8, 4) is 0 Å². The van der Waals surface area contributed by atoms with Crippen LogP contribution >= 0.6 is 0 Å². The van der Waals surface area contributed by atoms with Gasteiger partial charge in [-0.25, -0.2) is 0 Å². The summed E-state index contributed by atoms with van der Waals surface area (Å²) in [4.78, 5) is 21.4. The van der Waals surface area contributed by atoms with E-state index in [9.17, 15) is 9.59 Å². The van der Waals surface area contributed by atoms with Crippen molar-refractivity contribution in [1.82, 2.24) is 0 Å². The molecule has 0 saturated heterocycles. The summed E-state index contributed by atoms with van der Waals surface area (Å²) >= 11 is 0. The maximum Gasteiger partial charge on any atom is 0.309 e. The third-order valence-corrected chi connectivity index (χ3v) is 3.42. The summed E-state index contributed by atoms with van der Waals surface area (Å²) in [5.41, 5.74) is -1.25. The van der Waals surface area contributed by atoms with Crippen LogP contribution in [0.15, 0.2) is 0 Å². The monoisotopic (exact) mass is 268 g/mol. The number of hydrogen-bond acceptors (Lipinski definition) is 2. The Morgan fingerprint density at radius 2 is 1.50 bits per heavy atom. The van der Waals surface area contributed by atoms with Crippen molar-refractivity contribution in [2.75, 3.05) is 0 Å². The van der Waals surface area contributed by atoms with Gasteiger partial charge in [-0.15, -0.1) is 0 Å². The molecule has 4 nitrogen and oxygen atoms in total. The van der Waals surface area contributed by atoms with Crippen molar-refractivity contribution in [1.29, 1.82) is 0 Å². The predicted octanol–water partition coefficient (Wildman–Crippen LogP) is 2.38. The summed E-state index contributed by atoms with van der Waals surface area (Å²) < 4.78 is 0. The Bertz CT molecular complexity index is 259. The van der Waals surface area contributed by atoms with Crippen molar-refractivity contribution in [2.45, 2.75) is 47.0 Å². The Kier molecular flexibility index (Phi) is 6.99. The van der Waals surface area contributed by atoms with E-state index in [4.69, 9.17) is 10.2 Å². The van der Waals surface area contributed by atoms with E-state index in [1.807, 2.05) is 13.8 Å². The first kappa shape index (κ1) is 17.9. The zero-order chi connectivity index (χ0) is 12.3. The van der Waals surface area contributed by atoms with Crippen molar-refractivity contribution < 1.29 is 37.2 Å². The van der Waals surface area contributed by atoms with Crippen molar-refractivity contribution in [2.24, 2.45) is 10.8 Å². The van der Waals surface area contributed by atoms with Crippen molar-refractivity contribution >= 4 is 11.9 Å². The molecule has 0 unspecified atom stereocenters. The Morgan fingerprint density at radius 3 is 1.81 bits per heavy atom.